The molecule has 0 amide bonds. The molecule has 3 aromatic rings. The second kappa shape index (κ2) is 7.62. The second-order valence-corrected chi connectivity index (χ2v) is 8.70. The van der Waals surface area contributed by atoms with Crippen LogP contribution in [-0.4, -0.2) is 34.4 Å². The minimum atomic E-state index is -3.44. The number of rotatable bonds is 5. The second-order valence-electron chi connectivity index (χ2n) is 6.77. The Morgan fingerprint density at radius 1 is 1.00 bits per heavy atom. The van der Waals surface area contributed by atoms with Crippen LogP contribution in [-0.2, 0) is 15.8 Å². The van der Waals surface area contributed by atoms with Crippen LogP contribution >= 0.6 is 0 Å². The Morgan fingerprint density at radius 3 is 2.44 bits per heavy atom. The van der Waals surface area contributed by atoms with Crippen molar-refractivity contribution in [2.45, 2.75) is 31.1 Å². The summed E-state index contributed by atoms with van der Waals surface area (Å²) in [4.78, 5) is 4.60. The summed E-state index contributed by atoms with van der Waals surface area (Å²) in [5.41, 5.74) is 1.71. The van der Waals surface area contributed by atoms with Crippen molar-refractivity contribution in [3.05, 3.63) is 72.1 Å². The van der Waals surface area contributed by atoms with Crippen LogP contribution < -0.4 is 0 Å². The molecule has 7 heteroatoms. The average molecular weight is 382 g/mol. The summed E-state index contributed by atoms with van der Waals surface area (Å²) in [5.74, 6) is 1.21. The zero-order chi connectivity index (χ0) is 18.7. The zero-order valence-electron chi connectivity index (χ0n) is 15.0. The maximum atomic E-state index is 13.1. The van der Waals surface area contributed by atoms with Gasteiger partial charge in [0.05, 0.1) is 11.8 Å². The van der Waals surface area contributed by atoms with E-state index < -0.39 is 10.0 Å². The molecular weight excluding hydrogens is 360 g/mol. The summed E-state index contributed by atoms with van der Waals surface area (Å²) < 4.78 is 27.8. The Bertz CT molecular complexity index is 987. The third-order valence-electron chi connectivity index (χ3n) is 4.85. The van der Waals surface area contributed by atoms with E-state index in [1.165, 1.54) is 0 Å². The van der Waals surface area contributed by atoms with Crippen LogP contribution in [0.15, 0.2) is 60.7 Å². The molecule has 0 spiro atoms. The molecule has 140 valence electrons. The van der Waals surface area contributed by atoms with Gasteiger partial charge in [0.15, 0.2) is 5.82 Å². The van der Waals surface area contributed by atoms with Gasteiger partial charge in [-0.3, -0.25) is 5.10 Å². The molecule has 6 nitrogen and oxygen atoms in total. The fraction of sp³-hybridized carbons (Fsp3) is 0.300. The lowest BCUT2D eigenvalue weighted by Gasteiger charge is -2.33. The van der Waals surface area contributed by atoms with Gasteiger partial charge in [-0.15, -0.1) is 0 Å². The molecule has 4 rings (SSSR count). The number of hydrogen-bond acceptors (Lipinski definition) is 4. The number of aromatic nitrogens is 3. The molecule has 1 aliphatic heterocycles. The maximum absolute atomic E-state index is 13.1. The highest BCUT2D eigenvalue weighted by atomic mass is 32.2. The highest BCUT2D eigenvalue weighted by Crippen LogP contribution is 2.33. The van der Waals surface area contributed by atoms with E-state index in [1.54, 1.807) is 4.31 Å². The molecule has 0 saturated carbocycles. The van der Waals surface area contributed by atoms with Crippen molar-refractivity contribution < 1.29 is 8.42 Å². The molecule has 1 aliphatic rings. The first kappa shape index (κ1) is 17.9. The molecule has 2 aromatic carbocycles. The first-order valence-electron chi connectivity index (χ1n) is 9.15. The number of benzene rings is 2. The lowest BCUT2D eigenvalue weighted by atomic mass is 10.0. The summed E-state index contributed by atoms with van der Waals surface area (Å²) in [6.45, 7) is 0.515. The maximum Gasteiger partial charge on any atom is 0.218 e. The van der Waals surface area contributed by atoms with Gasteiger partial charge in [0.25, 0.3) is 0 Å². The Labute approximate surface area is 159 Å². The normalized spacial score (nSPS) is 18.4. The standard InChI is InChI=1S/C20H22N4O2S/c25-27(26,15-16-9-3-1-4-10-16)24-14-8-7-13-18(24)20-21-19(22-23-20)17-11-5-2-6-12-17/h1-6,9-12,18H,7-8,13-15H2,(H,21,22,23). The number of nitrogens with zero attached hydrogens (tertiary/aromatic N) is 3. The van der Waals surface area contributed by atoms with Crippen LogP contribution in [0.3, 0.4) is 0 Å². The molecule has 2 heterocycles. The topological polar surface area (TPSA) is 79.0 Å². The van der Waals surface area contributed by atoms with Crippen LogP contribution in [0.1, 0.15) is 36.7 Å². The van der Waals surface area contributed by atoms with E-state index in [0.717, 1.165) is 30.4 Å². The molecule has 1 N–H and O–H groups in total. The van der Waals surface area contributed by atoms with Crippen LogP contribution in [0.5, 0.6) is 0 Å². The highest BCUT2D eigenvalue weighted by Gasteiger charge is 2.35. The van der Waals surface area contributed by atoms with E-state index in [0.29, 0.717) is 18.2 Å². The van der Waals surface area contributed by atoms with E-state index in [2.05, 4.69) is 15.2 Å². The predicted molar refractivity (Wildman–Crippen MR) is 104 cm³/mol. The van der Waals surface area contributed by atoms with Gasteiger partial charge in [-0.1, -0.05) is 67.1 Å². The summed E-state index contributed by atoms with van der Waals surface area (Å²) in [6.07, 6.45) is 2.59. The molecule has 27 heavy (non-hydrogen) atoms. The number of hydrogen-bond donors (Lipinski definition) is 1. The summed E-state index contributed by atoms with van der Waals surface area (Å²) in [5, 5.41) is 7.28. The van der Waals surface area contributed by atoms with E-state index in [4.69, 9.17) is 0 Å². The SMILES string of the molecule is O=S(=O)(Cc1ccccc1)N1CCCCC1c1nc(-c2ccccc2)n[nH]1. The average Bonchev–Trinajstić information content (AvgIpc) is 3.19. The van der Waals surface area contributed by atoms with Crippen LogP contribution in [0.4, 0.5) is 0 Å². The molecule has 0 radical (unpaired) electrons. The van der Waals surface area contributed by atoms with Crippen molar-refractivity contribution in [1.82, 2.24) is 19.5 Å². The van der Waals surface area contributed by atoms with Gasteiger partial charge in [-0.05, 0) is 18.4 Å². The number of sulfonamides is 1. The Morgan fingerprint density at radius 2 is 1.70 bits per heavy atom. The zero-order valence-corrected chi connectivity index (χ0v) is 15.8. The van der Waals surface area contributed by atoms with Crippen molar-refractivity contribution in [3.63, 3.8) is 0 Å². The van der Waals surface area contributed by atoms with Gasteiger partial charge in [-0.25, -0.2) is 13.4 Å². The van der Waals surface area contributed by atoms with Gasteiger partial charge in [0, 0.05) is 12.1 Å². The largest absolute Gasteiger partial charge is 0.261 e. The molecule has 0 bridgehead atoms. The number of piperidine rings is 1. The third-order valence-corrected chi connectivity index (χ3v) is 6.70. The molecule has 1 saturated heterocycles. The van der Waals surface area contributed by atoms with E-state index in [9.17, 15) is 8.42 Å². The monoisotopic (exact) mass is 382 g/mol. The minimum absolute atomic E-state index is 0.00399. The van der Waals surface area contributed by atoms with Crippen LogP contribution in [0, 0.1) is 0 Å². The van der Waals surface area contributed by atoms with E-state index >= 15 is 0 Å². The number of nitrogens with one attached hydrogen (secondary N) is 1. The van der Waals surface area contributed by atoms with Gasteiger partial charge >= 0.3 is 0 Å². The van der Waals surface area contributed by atoms with Gasteiger partial charge < -0.3 is 0 Å². The third kappa shape index (κ3) is 3.94. The highest BCUT2D eigenvalue weighted by molar-refractivity contribution is 7.88. The Hall–Kier alpha value is -2.51. The summed E-state index contributed by atoms with van der Waals surface area (Å²) >= 11 is 0. The van der Waals surface area contributed by atoms with Crippen molar-refractivity contribution in [2.24, 2.45) is 0 Å². The summed E-state index contributed by atoms with van der Waals surface area (Å²) in [7, 11) is -3.44. The Kier molecular flexibility index (Phi) is 5.05. The fourth-order valence-corrected chi connectivity index (χ4v) is 5.30. The van der Waals surface area contributed by atoms with E-state index in [-0.39, 0.29) is 11.8 Å². The number of H-pyrrole nitrogens is 1. The minimum Gasteiger partial charge on any atom is -0.261 e. The first-order chi connectivity index (χ1) is 13.1. The first-order valence-corrected chi connectivity index (χ1v) is 10.8. The fourth-order valence-electron chi connectivity index (χ4n) is 3.52. The summed E-state index contributed by atoms with van der Waals surface area (Å²) in [6, 6.07) is 18.7. The van der Waals surface area contributed by atoms with Crippen molar-refractivity contribution in [2.75, 3.05) is 6.54 Å². The van der Waals surface area contributed by atoms with E-state index in [1.807, 2.05) is 60.7 Å². The number of aromatic amines is 1. The van der Waals surface area contributed by atoms with Gasteiger partial charge in [0.2, 0.25) is 10.0 Å². The molecule has 1 aromatic heterocycles. The van der Waals surface area contributed by atoms with Gasteiger partial charge in [0.1, 0.15) is 5.82 Å². The lowest BCUT2D eigenvalue weighted by molar-refractivity contribution is 0.246. The quantitative estimate of drug-likeness (QED) is 0.732. The molecule has 1 unspecified atom stereocenters. The van der Waals surface area contributed by atoms with Crippen LogP contribution in [0.2, 0.25) is 0 Å². The predicted octanol–water partition coefficient (Wildman–Crippen LogP) is 3.53. The van der Waals surface area contributed by atoms with Crippen molar-refractivity contribution in [1.29, 1.82) is 0 Å². The van der Waals surface area contributed by atoms with Crippen LogP contribution in [0.25, 0.3) is 11.4 Å². The molecule has 1 fully saturated rings. The molecular formula is C20H22N4O2S. The molecule has 1 atom stereocenters. The van der Waals surface area contributed by atoms with Crippen molar-refractivity contribution >= 4 is 10.0 Å². The lowest BCUT2D eigenvalue weighted by Crippen LogP contribution is -2.39. The van der Waals surface area contributed by atoms with Gasteiger partial charge in [-0.2, -0.15) is 9.40 Å². The molecule has 0 aliphatic carbocycles. The van der Waals surface area contributed by atoms with Crippen molar-refractivity contribution in [3.8, 4) is 11.4 Å². The smallest absolute Gasteiger partial charge is 0.218 e. The Balaban J connectivity index is 1.60.